The van der Waals surface area contributed by atoms with Crippen molar-refractivity contribution >= 4 is 29.3 Å². The Morgan fingerprint density at radius 2 is 1.95 bits per heavy atom. The van der Waals surface area contributed by atoms with E-state index in [1.165, 1.54) is 0 Å². The molecule has 7 heteroatoms. The van der Waals surface area contributed by atoms with Gasteiger partial charge in [-0.05, 0) is 19.1 Å². The molecule has 0 spiro atoms. The van der Waals surface area contributed by atoms with Crippen molar-refractivity contribution in [3.8, 4) is 0 Å². The van der Waals surface area contributed by atoms with Gasteiger partial charge in [0.2, 0.25) is 0 Å². The first-order chi connectivity index (χ1) is 9.93. The van der Waals surface area contributed by atoms with Gasteiger partial charge in [-0.2, -0.15) is 0 Å². The summed E-state index contributed by atoms with van der Waals surface area (Å²) in [6, 6.07) is 5.62. The molecular weight excluding hydrogens is 347 g/mol. The fourth-order valence-corrected chi connectivity index (χ4v) is 3.03. The Hall–Kier alpha value is -0.680. The normalized spacial score (nSPS) is 16.8. The average molecular weight is 368 g/mol. The van der Waals surface area contributed by atoms with E-state index in [9.17, 15) is 4.79 Å². The topological polar surface area (TPSA) is 29.5 Å². The Morgan fingerprint density at radius 3 is 2.50 bits per heavy atom. The van der Waals surface area contributed by atoms with Gasteiger partial charge in [0.1, 0.15) is 6.54 Å². The first kappa shape index (κ1) is 19.4. The van der Waals surface area contributed by atoms with E-state index in [4.69, 9.17) is 27.9 Å². The van der Waals surface area contributed by atoms with Crippen LogP contribution in [0.5, 0.6) is 0 Å². The fraction of sp³-hybridized carbons (Fsp3) is 0.533. The third-order valence-corrected chi connectivity index (χ3v) is 4.50. The Morgan fingerprint density at radius 1 is 1.32 bits per heavy atom. The molecule has 0 bridgehead atoms. The third kappa shape index (κ3) is 4.92. The largest absolute Gasteiger partial charge is 1.00 e. The van der Waals surface area contributed by atoms with Crippen molar-refractivity contribution in [1.29, 1.82) is 0 Å². The third-order valence-electron chi connectivity index (χ3n) is 3.91. The molecule has 22 heavy (non-hydrogen) atoms. The molecule has 1 aromatic carbocycles. The first-order valence-corrected chi connectivity index (χ1v) is 7.88. The highest BCUT2D eigenvalue weighted by atomic mass is 35.5. The number of rotatable bonds is 3. The first-order valence-electron chi connectivity index (χ1n) is 7.13. The maximum Gasteiger partial charge on any atom is 0.410 e. The summed E-state index contributed by atoms with van der Waals surface area (Å²) in [6.45, 7) is 6.27. The van der Waals surface area contributed by atoms with Crippen LogP contribution in [0.3, 0.4) is 0 Å². The summed E-state index contributed by atoms with van der Waals surface area (Å²) in [4.78, 5) is 13.5. The van der Waals surface area contributed by atoms with Crippen molar-refractivity contribution in [2.75, 3.05) is 39.8 Å². The van der Waals surface area contributed by atoms with Crippen LogP contribution in [-0.4, -0.2) is 55.3 Å². The van der Waals surface area contributed by atoms with Gasteiger partial charge < -0.3 is 21.6 Å². The van der Waals surface area contributed by atoms with Crippen molar-refractivity contribution in [3.05, 3.63) is 33.8 Å². The van der Waals surface area contributed by atoms with E-state index in [0.29, 0.717) is 29.7 Å². The van der Waals surface area contributed by atoms with E-state index in [-0.39, 0.29) is 18.5 Å². The number of hydrogen-bond acceptors (Lipinski definition) is 2. The second kappa shape index (κ2) is 8.25. The number of carbonyl (C=O) groups excluding carboxylic acids is 1. The molecule has 1 amide bonds. The number of carbonyl (C=O) groups is 1. The highest BCUT2D eigenvalue weighted by Gasteiger charge is 2.32. The Balaban J connectivity index is 0.00000242. The van der Waals surface area contributed by atoms with E-state index in [1.807, 2.05) is 19.1 Å². The number of hydrogen-bond donors (Lipinski definition) is 0. The van der Waals surface area contributed by atoms with Gasteiger partial charge in [-0.3, -0.25) is 4.90 Å². The molecule has 0 unspecified atom stereocenters. The molecule has 0 N–H and O–H groups in total. The molecule has 124 valence electrons. The van der Waals surface area contributed by atoms with E-state index < -0.39 is 0 Å². The highest BCUT2D eigenvalue weighted by molar-refractivity contribution is 6.35. The van der Waals surface area contributed by atoms with Crippen molar-refractivity contribution in [2.45, 2.75) is 13.5 Å². The number of ether oxygens (including phenoxy) is 1. The van der Waals surface area contributed by atoms with Crippen molar-refractivity contribution in [1.82, 2.24) is 4.90 Å². The molecule has 1 aliphatic rings. The predicted octanol–water partition coefficient (Wildman–Crippen LogP) is 0.416. The monoisotopic (exact) mass is 366 g/mol. The van der Waals surface area contributed by atoms with Crippen LogP contribution < -0.4 is 12.4 Å². The van der Waals surface area contributed by atoms with E-state index in [1.54, 1.807) is 11.0 Å². The zero-order valence-corrected chi connectivity index (χ0v) is 15.1. The summed E-state index contributed by atoms with van der Waals surface area (Å²) in [5.74, 6) is 0. The maximum atomic E-state index is 11.7. The molecule has 0 aliphatic carbocycles. The number of benzene rings is 1. The smallest absolute Gasteiger partial charge is 0.410 e. The molecule has 0 radical (unpaired) electrons. The van der Waals surface area contributed by atoms with Crippen LogP contribution in [0.4, 0.5) is 4.79 Å². The van der Waals surface area contributed by atoms with Crippen molar-refractivity contribution in [2.24, 2.45) is 0 Å². The molecule has 1 heterocycles. The lowest BCUT2D eigenvalue weighted by Crippen LogP contribution is -3.00. The zero-order valence-electron chi connectivity index (χ0n) is 12.8. The number of quaternary nitrogens is 1. The SMILES string of the molecule is CCOC(=O)N1CC[N+](C)(Cc2ccc(Cl)cc2Cl)CC1.[Cl-]. The number of halogens is 3. The predicted molar refractivity (Wildman–Crippen MR) is 84.7 cm³/mol. The summed E-state index contributed by atoms with van der Waals surface area (Å²) >= 11 is 12.2. The van der Waals surface area contributed by atoms with Gasteiger partial charge in [0.15, 0.2) is 0 Å². The minimum absolute atomic E-state index is 0. The highest BCUT2D eigenvalue weighted by Crippen LogP contribution is 2.25. The average Bonchev–Trinajstić information content (AvgIpc) is 2.43. The van der Waals surface area contributed by atoms with Gasteiger partial charge in [0, 0.05) is 10.6 Å². The molecule has 0 atom stereocenters. The molecule has 4 nitrogen and oxygen atoms in total. The van der Waals surface area contributed by atoms with Gasteiger partial charge in [-0.25, -0.2) is 4.79 Å². The van der Waals surface area contributed by atoms with Crippen LogP contribution in [0.1, 0.15) is 12.5 Å². The quantitative estimate of drug-likeness (QED) is 0.725. The minimum Gasteiger partial charge on any atom is -1.00 e. The molecular formula is C15H21Cl3N2O2. The van der Waals surface area contributed by atoms with Crippen LogP contribution in [0.15, 0.2) is 18.2 Å². The van der Waals surface area contributed by atoms with Gasteiger partial charge in [0.25, 0.3) is 0 Å². The standard InChI is InChI=1S/C15H21Cl2N2O2.ClH/c1-3-21-15(20)18-6-8-19(2,9-7-18)11-12-4-5-13(16)10-14(12)17;/h4-5,10H,3,6-9,11H2,1-2H3;1H/q+1;/p-1. The number of amides is 1. The Labute approximate surface area is 147 Å². The van der Waals surface area contributed by atoms with Crippen LogP contribution in [0, 0.1) is 0 Å². The van der Waals surface area contributed by atoms with E-state index in [0.717, 1.165) is 29.7 Å². The van der Waals surface area contributed by atoms with Crippen molar-refractivity contribution < 1.29 is 26.4 Å². The van der Waals surface area contributed by atoms with Gasteiger partial charge >= 0.3 is 6.09 Å². The summed E-state index contributed by atoms with van der Waals surface area (Å²) in [5.41, 5.74) is 1.09. The van der Waals surface area contributed by atoms with Crippen LogP contribution in [0.25, 0.3) is 0 Å². The summed E-state index contributed by atoms with van der Waals surface area (Å²) < 4.78 is 5.90. The Bertz CT molecular complexity index is 518. The van der Waals surface area contributed by atoms with Crippen LogP contribution >= 0.6 is 23.2 Å². The van der Waals surface area contributed by atoms with Crippen LogP contribution in [0.2, 0.25) is 10.0 Å². The van der Waals surface area contributed by atoms with Gasteiger partial charge in [-0.15, -0.1) is 0 Å². The summed E-state index contributed by atoms with van der Waals surface area (Å²) in [5, 5.41) is 1.35. The number of likely N-dealkylation sites (N-methyl/N-ethyl adjacent to an activating group) is 1. The lowest BCUT2D eigenvalue weighted by molar-refractivity contribution is -0.926. The van der Waals surface area contributed by atoms with Crippen molar-refractivity contribution in [3.63, 3.8) is 0 Å². The zero-order chi connectivity index (χ0) is 15.5. The maximum absolute atomic E-state index is 11.7. The molecule has 2 rings (SSSR count). The molecule has 0 aromatic heterocycles. The molecule has 1 saturated heterocycles. The minimum atomic E-state index is -0.215. The van der Waals surface area contributed by atoms with E-state index >= 15 is 0 Å². The number of piperazine rings is 1. The lowest BCUT2D eigenvalue weighted by Gasteiger charge is -2.41. The molecule has 1 aromatic rings. The molecule has 1 fully saturated rings. The summed E-state index contributed by atoms with van der Waals surface area (Å²) in [7, 11) is 2.19. The van der Waals surface area contributed by atoms with E-state index in [2.05, 4.69) is 7.05 Å². The lowest BCUT2D eigenvalue weighted by atomic mass is 10.1. The molecule has 0 saturated carbocycles. The van der Waals surface area contributed by atoms with Crippen LogP contribution in [-0.2, 0) is 11.3 Å². The molecule has 1 aliphatic heterocycles. The Kier molecular flexibility index (Phi) is 7.26. The fourth-order valence-electron chi connectivity index (χ4n) is 2.56. The second-order valence-electron chi connectivity index (χ2n) is 5.65. The summed E-state index contributed by atoms with van der Waals surface area (Å²) in [6.07, 6.45) is -0.215. The van der Waals surface area contributed by atoms with Gasteiger partial charge in [0.05, 0.1) is 44.9 Å². The van der Waals surface area contributed by atoms with Gasteiger partial charge in [-0.1, -0.05) is 29.3 Å². The second-order valence-corrected chi connectivity index (χ2v) is 6.49. The number of nitrogens with zero attached hydrogens (tertiary/aromatic N) is 2.